The number of halogens is 1. The second-order valence-electron chi connectivity index (χ2n) is 9.32. The molecule has 1 aliphatic carbocycles. The maximum Gasteiger partial charge on any atom is 0.410 e. The minimum atomic E-state index is -0.527. The Kier molecular flexibility index (Phi) is 5.95. The lowest BCUT2D eigenvalue weighted by molar-refractivity contribution is -0.124. The maximum atomic E-state index is 13.1. The maximum absolute atomic E-state index is 13.1. The van der Waals surface area contributed by atoms with Gasteiger partial charge < -0.3 is 15.0 Å². The van der Waals surface area contributed by atoms with E-state index in [0.29, 0.717) is 24.0 Å². The highest BCUT2D eigenvalue weighted by atomic mass is 35.5. The van der Waals surface area contributed by atoms with Crippen molar-refractivity contribution in [2.75, 3.05) is 13.1 Å². The number of ether oxygens (including phenoxy) is 1. The molecule has 0 spiro atoms. The van der Waals surface area contributed by atoms with E-state index in [1.807, 2.05) is 45.0 Å². The van der Waals surface area contributed by atoms with E-state index in [-0.39, 0.29) is 18.0 Å². The lowest BCUT2D eigenvalue weighted by Gasteiger charge is -2.29. The number of nitrogens with one attached hydrogen (secondary N) is 1. The molecule has 0 aromatic heterocycles. The molecule has 154 valence electrons. The van der Waals surface area contributed by atoms with Gasteiger partial charge in [-0.2, -0.15) is 0 Å². The molecule has 1 N–H and O–H groups in total. The Hall–Kier alpha value is -1.75. The Morgan fingerprint density at radius 3 is 2.43 bits per heavy atom. The molecule has 2 amide bonds. The summed E-state index contributed by atoms with van der Waals surface area (Å²) in [6.45, 7) is 8.92. The molecule has 2 atom stereocenters. The third-order valence-corrected chi connectivity index (χ3v) is 5.84. The zero-order valence-electron chi connectivity index (χ0n) is 17.3. The molecule has 1 aromatic carbocycles. The summed E-state index contributed by atoms with van der Waals surface area (Å²) in [7, 11) is 0. The zero-order valence-corrected chi connectivity index (χ0v) is 18.0. The number of benzene rings is 1. The van der Waals surface area contributed by atoms with Crippen LogP contribution in [0, 0.1) is 5.92 Å². The molecule has 1 aromatic rings. The van der Waals surface area contributed by atoms with Gasteiger partial charge in [-0.3, -0.25) is 4.79 Å². The highest BCUT2D eigenvalue weighted by molar-refractivity contribution is 6.30. The highest BCUT2D eigenvalue weighted by Crippen LogP contribution is 2.48. The smallest absolute Gasteiger partial charge is 0.410 e. The molecule has 28 heavy (non-hydrogen) atoms. The molecular formula is C22H31ClN2O3. The van der Waals surface area contributed by atoms with Crippen LogP contribution in [0.25, 0.3) is 0 Å². The summed E-state index contributed by atoms with van der Waals surface area (Å²) in [6.07, 6.45) is 3.16. The van der Waals surface area contributed by atoms with Gasteiger partial charge in [0.1, 0.15) is 5.60 Å². The number of rotatable bonds is 3. The minimum absolute atomic E-state index is 0.0538. The Morgan fingerprint density at radius 2 is 1.86 bits per heavy atom. The SMILES string of the molecule is CC1CCN(C(=O)OC(C)(C)C)CC(NC(=O)C2(c3ccc(Cl)cc3)CC2)C1. The van der Waals surface area contributed by atoms with Crippen LogP contribution in [0.3, 0.4) is 0 Å². The average molecular weight is 407 g/mol. The van der Waals surface area contributed by atoms with Gasteiger partial charge >= 0.3 is 6.09 Å². The fraction of sp³-hybridized carbons (Fsp3) is 0.636. The first-order valence-corrected chi connectivity index (χ1v) is 10.5. The largest absolute Gasteiger partial charge is 0.444 e. The van der Waals surface area contributed by atoms with Crippen LogP contribution < -0.4 is 5.32 Å². The minimum Gasteiger partial charge on any atom is -0.444 e. The molecule has 2 unspecified atom stereocenters. The fourth-order valence-corrected chi connectivity index (χ4v) is 4.00. The number of carbonyl (C=O) groups excluding carboxylic acids is 2. The second kappa shape index (κ2) is 7.94. The van der Waals surface area contributed by atoms with E-state index in [2.05, 4.69) is 12.2 Å². The summed E-state index contributed by atoms with van der Waals surface area (Å²) in [5, 5.41) is 3.90. The van der Waals surface area contributed by atoms with Crippen molar-refractivity contribution in [3.05, 3.63) is 34.9 Å². The quantitative estimate of drug-likeness (QED) is 0.802. The average Bonchev–Trinajstić information content (AvgIpc) is 3.40. The van der Waals surface area contributed by atoms with Crippen LogP contribution in [0.2, 0.25) is 5.02 Å². The van der Waals surface area contributed by atoms with Crippen molar-refractivity contribution < 1.29 is 14.3 Å². The summed E-state index contributed by atoms with van der Waals surface area (Å²) in [4.78, 5) is 27.4. The summed E-state index contributed by atoms with van der Waals surface area (Å²) < 4.78 is 5.54. The number of carbonyl (C=O) groups is 2. The monoisotopic (exact) mass is 406 g/mol. The van der Waals surface area contributed by atoms with E-state index >= 15 is 0 Å². The van der Waals surface area contributed by atoms with E-state index in [9.17, 15) is 9.59 Å². The predicted octanol–water partition coefficient (Wildman–Crippen LogP) is 4.52. The van der Waals surface area contributed by atoms with Crippen LogP contribution in [0.15, 0.2) is 24.3 Å². The van der Waals surface area contributed by atoms with Crippen molar-refractivity contribution in [2.24, 2.45) is 5.92 Å². The van der Waals surface area contributed by atoms with Gasteiger partial charge in [0.2, 0.25) is 5.91 Å². The first-order valence-electron chi connectivity index (χ1n) is 10.1. The molecule has 1 aliphatic heterocycles. The summed E-state index contributed by atoms with van der Waals surface area (Å²) in [5.41, 5.74) is 0.0390. The number of hydrogen-bond acceptors (Lipinski definition) is 3. The van der Waals surface area contributed by atoms with Gasteiger partial charge in [-0.25, -0.2) is 4.79 Å². The summed E-state index contributed by atoms with van der Waals surface area (Å²) >= 11 is 5.99. The van der Waals surface area contributed by atoms with E-state index in [4.69, 9.17) is 16.3 Å². The van der Waals surface area contributed by atoms with Crippen molar-refractivity contribution in [3.63, 3.8) is 0 Å². The topological polar surface area (TPSA) is 58.6 Å². The molecule has 2 aliphatic rings. The third-order valence-electron chi connectivity index (χ3n) is 5.59. The highest BCUT2D eigenvalue weighted by Gasteiger charge is 2.51. The van der Waals surface area contributed by atoms with Crippen molar-refractivity contribution in [1.82, 2.24) is 10.2 Å². The van der Waals surface area contributed by atoms with Gasteiger partial charge in [0, 0.05) is 24.2 Å². The predicted molar refractivity (Wildman–Crippen MR) is 110 cm³/mol. The number of amides is 2. The van der Waals surface area contributed by atoms with Crippen LogP contribution in [0.5, 0.6) is 0 Å². The van der Waals surface area contributed by atoms with Crippen LogP contribution in [0.1, 0.15) is 58.9 Å². The van der Waals surface area contributed by atoms with Gasteiger partial charge in [0.15, 0.2) is 0 Å². The van der Waals surface area contributed by atoms with Gasteiger partial charge in [0.05, 0.1) is 5.41 Å². The molecule has 5 nitrogen and oxygen atoms in total. The van der Waals surface area contributed by atoms with Crippen LogP contribution in [-0.2, 0) is 14.9 Å². The Balaban J connectivity index is 1.68. The third kappa shape index (κ3) is 4.99. The molecule has 1 saturated carbocycles. The second-order valence-corrected chi connectivity index (χ2v) is 9.75. The van der Waals surface area contributed by atoms with Crippen LogP contribution >= 0.6 is 11.6 Å². The Labute approximate surface area is 172 Å². The van der Waals surface area contributed by atoms with Crippen molar-refractivity contribution in [1.29, 1.82) is 0 Å². The molecular weight excluding hydrogens is 376 g/mol. The molecule has 1 heterocycles. The molecule has 2 fully saturated rings. The Morgan fingerprint density at radius 1 is 1.21 bits per heavy atom. The summed E-state index contributed by atoms with van der Waals surface area (Å²) in [5.74, 6) is 0.487. The van der Waals surface area contributed by atoms with Crippen LogP contribution in [0.4, 0.5) is 4.79 Å². The molecule has 6 heteroatoms. The van der Waals surface area contributed by atoms with Gasteiger partial charge in [-0.15, -0.1) is 0 Å². The molecule has 0 radical (unpaired) electrons. The standard InChI is InChI=1S/C22H31ClN2O3/c1-15-9-12-25(20(27)28-21(2,3)4)14-18(13-15)24-19(26)22(10-11-22)16-5-7-17(23)8-6-16/h5-8,15,18H,9-14H2,1-4H3,(H,24,26). The summed E-state index contributed by atoms with van der Waals surface area (Å²) in [6, 6.07) is 7.49. The fourth-order valence-electron chi connectivity index (χ4n) is 3.87. The molecule has 3 rings (SSSR count). The first-order chi connectivity index (χ1) is 13.1. The van der Waals surface area contributed by atoms with E-state index < -0.39 is 11.0 Å². The molecule has 1 saturated heterocycles. The normalized spacial score (nSPS) is 24.2. The Bertz CT molecular complexity index is 722. The van der Waals surface area contributed by atoms with E-state index in [0.717, 1.165) is 31.2 Å². The number of nitrogens with zero attached hydrogens (tertiary/aromatic N) is 1. The lowest BCUT2D eigenvalue weighted by atomic mass is 9.93. The first kappa shape index (κ1) is 21.0. The van der Waals surface area contributed by atoms with Crippen LogP contribution in [-0.4, -0.2) is 41.6 Å². The van der Waals surface area contributed by atoms with Crippen molar-refractivity contribution in [3.8, 4) is 0 Å². The van der Waals surface area contributed by atoms with Crippen molar-refractivity contribution >= 4 is 23.6 Å². The molecule has 0 bridgehead atoms. The van der Waals surface area contributed by atoms with Crippen molar-refractivity contribution in [2.45, 2.75) is 70.4 Å². The van der Waals surface area contributed by atoms with E-state index in [1.54, 1.807) is 4.90 Å². The zero-order chi connectivity index (χ0) is 20.5. The number of likely N-dealkylation sites (tertiary alicyclic amines) is 1. The number of hydrogen-bond donors (Lipinski definition) is 1. The van der Waals surface area contributed by atoms with E-state index in [1.165, 1.54) is 0 Å². The lowest BCUT2D eigenvalue weighted by Crippen LogP contribution is -2.48. The van der Waals surface area contributed by atoms with Gasteiger partial charge in [0.25, 0.3) is 0 Å². The van der Waals surface area contributed by atoms with Gasteiger partial charge in [-0.1, -0.05) is 30.7 Å². The van der Waals surface area contributed by atoms with Gasteiger partial charge in [-0.05, 0) is 70.1 Å².